The van der Waals surface area contributed by atoms with Gasteiger partial charge in [-0.2, -0.15) is 0 Å². The Kier molecular flexibility index (Phi) is 4.85. The van der Waals surface area contributed by atoms with Gasteiger partial charge in [-0.3, -0.25) is 4.79 Å². The van der Waals surface area contributed by atoms with Crippen LogP contribution in [0.15, 0.2) is 29.2 Å². The molecule has 2 N–H and O–H groups in total. The number of thioether (sulfide) groups is 1. The average Bonchev–Trinajstić information content (AvgIpc) is 2.94. The van der Waals surface area contributed by atoms with Crippen LogP contribution in [0.4, 0.5) is 5.69 Å². The van der Waals surface area contributed by atoms with E-state index in [0.29, 0.717) is 6.54 Å². The van der Waals surface area contributed by atoms with E-state index in [0.717, 1.165) is 18.5 Å². The number of hydrogen-bond acceptors (Lipinski definition) is 4. The lowest BCUT2D eigenvalue weighted by Gasteiger charge is -2.21. The zero-order chi connectivity index (χ0) is 13.8. The molecule has 0 bridgehead atoms. The van der Waals surface area contributed by atoms with E-state index in [2.05, 4.69) is 0 Å². The van der Waals surface area contributed by atoms with Gasteiger partial charge < -0.3 is 15.4 Å². The first kappa shape index (κ1) is 14.4. The van der Waals surface area contributed by atoms with Crippen molar-refractivity contribution in [2.75, 3.05) is 24.7 Å². The summed E-state index contributed by atoms with van der Waals surface area (Å²) in [5.74, 6) is 0.00727. The third-order valence-corrected chi connectivity index (χ3v) is 4.18. The largest absolute Gasteiger partial charge is 0.364 e. The van der Waals surface area contributed by atoms with Crippen LogP contribution >= 0.6 is 11.8 Å². The summed E-state index contributed by atoms with van der Waals surface area (Å²) in [5, 5.41) is 0. The Morgan fingerprint density at radius 3 is 2.63 bits per heavy atom. The molecule has 1 saturated heterocycles. The fraction of sp³-hybridized carbons (Fsp3) is 0.500. The number of ether oxygens (including phenoxy) is 1. The number of anilines is 1. The Morgan fingerprint density at radius 2 is 2.11 bits per heavy atom. The minimum atomic E-state index is -0.348. The highest BCUT2D eigenvalue weighted by molar-refractivity contribution is 7.98. The first-order valence-corrected chi connectivity index (χ1v) is 7.65. The van der Waals surface area contributed by atoms with Crippen molar-refractivity contribution < 1.29 is 9.53 Å². The molecule has 0 spiro atoms. The second-order valence-electron chi connectivity index (χ2n) is 4.66. The van der Waals surface area contributed by atoms with Crippen molar-refractivity contribution >= 4 is 23.4 Å². The molecule has 0 saturated carbocycles. The molecule has 1 fully saturated rings. The molecule has 1 aromatic rings. The van der Waals surface area contributed by atoms with Gasteiger partial charge in [-0.15, -0.1) is 11.8 Å². The zero-order valence-electron chi connectivity index (χ0n) is 11.3. The van der Waals surface area contributed by atoms with E-state index < -0.39 is 0 Å². The molecule has 4 nitrogen and oxygen atoms in total. The monoisotopic (exact) mass is 280 g/mol. The first-order valence-electron chi connectivity index (χ1n) is 6.43. The number of nitrogens with two attached hydrogens (primary N) is 1. The van der Waals surface area contributed by atoms with Gasteiger partial charge in [0.1, 0.15) is 6.10 Å². The number of carbonyl (C=O) groups excluding carboxylic acids is 1. The minimum absolute atomic E-state index is 0.00727. The van der Waals surface area contributed by atoms with Crippen molar-refractivity contribution in [2.24, 2.45) is 5.73 Å². The third kappa shape index (κ3) is 3.29. The molecule has 0 radical (unpaired) electrons. The second-order valence-corrected chi connectivity index (χ2v) is 5.53. The Hall–Kier alpha value is -1.04. The lowest BCUT2D eigenvalue weighted by Crippen LogP contribution is -2.37. The lowest BCUT2D eigenvalue weighted by molar-refractivity contribution is -0.128. The predicted molar refractivity (Wildman–Crippen MR) is 78.6 cm³/mol. The van der Waals surface area contributed by atoms with E-state index >= 15 is 0 Å². The number of amides is 1. The van der Waals surface area contributed by atoms with Crippen molar-refractivity contribution in [3.05, 3.63) is 24.3 Å². The van der Waals surface area contributed by atoms with Crippen LogP contribution in [0.5, 0.6) is 0 Å². The zero-order valence-corrected chi connectivity index (χ0v) is 12.2. The average molecular weight is 280 g/mol. The summed E-state index contributed by atoms with van der Waals surface area (Å²) in [6, 6.07) is 7.95. The van der Waals surface area contributed by atoms with E-state index in [1.54, 1.807) is 23.7 Å². The molecule has 0 aromatic heterocycles. The van der Waals surface area contributed by atoms with Crippen LogP contribution < -0.4 is 10.6 Å². The van der Waals surface area contributed by atoms with E-state index in [9.17, 15) is 4.79 Å². The lowest BCUT2D eigenvalue weighted by atomic mass is 10.1. The first-order chi connectivity index (χ1) is 9.15. The van der Waals surface area contributed by atoms with Crippen molar-refractivity contribution in [2.45, 2.75) is 29.9 Å². The molecule has 2 rings (SSSR count). The summed E-state index contributed by atoms with van der Waals surface area (Å²) in [6.45, 7) is 0.482. The summed E-state index contributed by atoms with van der Waals surface area (Å²) in [6.07, 6.45) is 3.34. The predicted octanol–water partition coefficient (Wildman–Crippen LogP) is 1.88. The van der Waals surface area contributed by atoms with Gasteiger partial charge >= 0.3 is 0 Å². The Labute approximate surface area is 118 Å². The number of rotatable bonds is 4. The highest BCUT2D eigenvalue weighted by Gasteiger charge is 2.32. The normalized spacial score (nSPS) is 22.5. The molecule has 0 unspecified atom stereocenters. The molecule has 5 heteroatoms. The van der Waals surface area contributed by atoms with E-state index in [1.165, 1.54) is 4.90 Å². The molecule has 2 atom stereocenters. The fourth-order valence-corrected chi connectivity index (χ4v) is 2.62. The molecule has 1 aliphatic heterocycles. The van der Waals surface area contributed by atoms with E-state index in [-0.39, 0.29) is 18.1 Å². The highest BCUT2D eigenvalue weighted by Crippen LogP contribution is 2.24. The van der Waals surface area contributed by atoms with Gasteiger partial charge in [0.25, 0.3) is 5.91 Å². The van der Waals surface area contributed by atoms with Gasteiger partial charge in [-0.25, -0.2) is 0 Å². The molecule has 104 valence electrons. The van der Waals surface area contributed by atoms with Gasteiger partial charge in [0.05, 0.1) is 6.10 Å². The van der Waals surface area contributed by atoms with Crippen molar-refractivity contribution in [1.82, 2.24) is 0 Å². The maximum atomic E-state index is 12.3. The molecule has 0 aliphatic carbocycles. The number of likely N-dealkylation sites (N-methyl/N-ethyl adjacent to an activating group) is 1. The Balaban J connectivity index is 2.02. The van der Waals surface area contributed by atoms with Crippen LogP contribution in [0.2, 0.25) is 0 Å². The van der Waals surface area contributed by atoms with Gasteiger partial charge in [-0.1, -0.05) is 0 Å². The minimum Gasteiger partial charge on any atom is -0.364 e. The van der Waals surface area contributed by atoms with Crippen LogP contribution in [0, 0.1) is 0 Å². The van der Waals surface area contributed by atoms with Crippen LogP contribution in [-0.2, 0) is 9.53 Å². The van der Waals surface area contributed by atoms with Crippen molar-refractivity contribution in [3.8, 4) is 0 Å². The fourth-order valence-electron chi connectivity index (χ4n) is 2.21. The number of nitrogens with zero attached hydrogens (tertiary/aromatic N) is 1. The summed E-state index contributed by atoms with van der Waals surface area (Å²) >= 11 is 1.68. The number of benzene rings is 1. The summed E-state index contributed by atoms with van der Waals surface area (Å²) < 4.78 is 5.64. The smallest absolute Gasteiger partial charge is 0.255 e. The molecule has 1 amide bonds. The quantitative estimate of drug-likeness (QED) is 0.856. The third-order valence-electron chi connectivity index (χ3n) is 3.44. The van der Waals surface area contributed by atoms with Crippen molar-refractivity contribution in [1.29, 1.82) is 0 Å². The topological polar surface area (TPSA) is 55.6 Å². The maximum absolute atomic E-state index is 12.3. The maximum Gasteiger partial charge on any atom is 0.255 e. The van der Waals surface area contributed by atoms with Crippen molar-refractivity contribution in [3.63, 3.8) is 0 Å². The van der Waals surface area contributed by atoms with Crippen LogP contribution in [0.25, 0.3) is 0 Å². The van der Waals surface area contributed by atoms with Gasteiger partial charge in [0, 0.05) is 24.2 Å². The Bertz CT molecular complexity index is 436. The SMILES string of the molecule is CSc1ccc(N(C)C(=O)[C@@H]2CC[C@H](CN)O2)cc1. The molecule has 1 aliphatic rings. The van der Waals surface area contributed by atoms with Crippen LogP contribution in [0.1, 0.15) is 12.8 Å². The summed E-state index contributed by atoms with van der Waals surface area (Å²) in [4.78, 5) is 15.2. The highest BCUT2D eigenvalue weighted by atomic mass is 32.2. The molecule has 1 aromatic carbocycles. The van der Waals surface area contributed by atoms with Crippen LogP contribution in [-0.4, -0.2) is 38.0 Å². The van der Waals surface area contributed by atoms with E-state index in [4.69, 9.17) is 10.5 Å². The number of carbonyl (C=O) groups is 1. The molecule has 1 heterocycles. The van der Waals surface area contributed by atoms with Gasteiger partial charge in [0.2, 0.25) is 0 Å². The van der Waals surface area contributed by atoms with Gasteiger partial charge in [0.15, 0.2) is 0 Å². The summed E-state index contributed by atoms with van der Waals surface area (Å²) in [5.41, 5.74) is 6.45. The van der Waals surface area contributed by atoms with Gasteiger partial charge in [-0.05, 0) is 43.4 Å². The number of hydrogen-bond donors (Lipinski definition) is 1. The van der Waals surface area contributed by atoms with Crippen LogP contribution in [0.3, 0.4) is 0 Å². The second kappa shape index (κ2) is 6.41. The summed E-state index contributed by atoms with van der Waals surface area (Å²) in [7, 11) is 1.79. The molecule has 19 heavy (non-hydrogen) atoms. The Morgan fingerprint density at radius 1 is 1.42 bits per heavy atom. The molecular weight excluding hydrogens is 260 g/mol. The van der Waals surface area contributed by atoms with E-state index in [1.807, 2.05) is 30.5 Å². The molecular formula is C14H20N2O2S. The standard InChI is InChI=1S/C14H20N2O2S/c1-16(10-3-6-12(19-2)7-4-10)14(17)13-8-5-11(9-15)18-13/h3-4,6-7,11,13H,5,8-9,15H2,1-2H3/t11-,13+/m1/s1.